The molecule has 6 nitrogen and oxygen atoms in total. The second-order valence-electron chi connectivity index (χ2n) is 8.51. The number of nitrogens with one attached hydrogen (secondary N) is 1. The van der Waals surface area contributed by atoms with Crippen LogP contribution in [0.15, 0.2) is 36.5 Å². The highest BCUT2D eigenvalue weighted by atomic mass is 16.5. The van der Waals surface area contributed by atoms with Crippen LogP contribution >= 0.6 is 0 Å². The summed E-state index contributed by atoms with van der Waals surface area (Å²) >= 11 is 0. The molecule has 1 aromatic carbocycles. The molecule has 2 aliphatic heterocycles. The van der Waals surface area contributed by atoms with Gasteiger partial charge in [0.25, 0.3) is 5.91 Å². The fourth-order valence-electron chi connectivity index (χ4n) is 4.26. The van der Waals surface area contributed by atoms with Gasteiger partial charge >= 0.3 is 0 Å². The van der Waals surface area contributed by atoms with Gasteiger partial charge in [-0.2, -0.15) is 5.10 Å². The van der Waals surface area contributed by atoms with E-state index in [1.165, 1.54) is 12.8 Å². The molecule has 0 saturated carbocycles. The maximum Gasteiger partial charge on any atom is 0.278 e. The van der Waals surface area contributed by atoms with Crippen LogP contribution in [0.4, 0.5) is 0 Å². The summed E-state index contributed by atoms with van der Waals surface area (Å²) in [6, 6.07) is 11.2. The van der Waals surface area contributed by atoms with Crippen molar-refractivity contribution in [3.63, 3.8) is 0 Å². The molecule has 28 heavy (non-hydrogen) atoms. The molecule has 2 aromatic rings. The molecule has 0 radical (unpaired) electrons. The first-order valence-electron chi connectivity index (χ1n) is 10.3. The fourth-order valence-corrected chi connectivity index (χ4v) is 4.26. The molecule has 2 saturated heterocycles. The molecule has 1 N–H and O–H groups in total. The Balaban J connectivity index is 1.59. The molecular weight excluding hydrogens is 352 g/mol. The van der Waals surface area contributed by atoms with Crippen LogP contribution in [-0.2, 0) is 0 Å². The van der Waals surface area contributed by atoms with Crippen molar-refractivity contribution in [2.24, 2.45) is 5.92 Å². The molecule has 0 aliphatic carbocycles. The summed E-state index contributed by atoms with van der Waals surface area (Å²) < 4.78 is 7.71. The van der Waals surface area contributed by atoms with Crippen LogP contribution in [0.3, 0.4) is 0 Å². The summed E-state index contributed by atoms with van der Waals surface area (Å²) in [5.41, 5.74) is 1.32. The molecule has 150 valence electrons. The topological polar surface area (TPSA) is 59.4 Å². The van der Waals surface area contributed by atoms with Gasteiger partial charge in [-0.1, -0.05) is 32.0 Å². The standard InChI is InChI=1S/C22H30N4O2/c1-15(2)14-28-20-13-26(18-7-5-4-6-8-18)24-21(20)22(27)25(3)19-11-16-9-10-17(12-19)23-16/h4-8,13,15-17,19,23H,9-12,14H2,1-3H3. The minimum absolute atomic E-state index is 0.0558. The third-order valence-corrected chi connectivity index (χ3v) is 5.79. The first kappa shape index (κ1) is 19.0. The second kappa shape index (κ2) is 7.95. The van der Waals surface area contributed by atoms with E-state index in [0.717, 1.165) is 18.5 Å². The minimum atomic E-state index is -0.0558. The van der Waals surface area contributed by atoms with Crippen molar-refractivity contribution in [2.75, 3.05) is 13.7 Å². The Bertz CT molecular complexity index is 805. The number of aromatic nitrogens is 2. The van der Waals surface area contributed by atoms with Crippen LogP contribution < -0.4 is 10.1 Å². The quantitative estimate of drug-likeness (QED) is 0.833. The van der Waals surface area contributed by atoms with Gasteiger partial charge in [-0.3, -0.25) is 4.79 Å². The lowest BCUT2D eigenvalue weighted by atomic mass is 9.98. The normalized spacial score (nSPS) is 23.8. The van der Waals surface area contributed by atoms with E-state index in [-0.39, 0.29) is 11.9 Å². The van der Waals surface area contributed by atoms with E-state index in [1.807, 2.05) is 48.5 Å². The van der Waals surface area contributed by atoms with E-state index < -0.39 is 0 Å². The Morgan fingerprint density at radius 2 is 1.93 bits per heavy atom. The van der Waals surface area contributed by atoms with Crippen molar-refractivity contribution >= 4 is 5.91 Å². The smallest absolute Gasteiger partial charge is 0.278 e. The van der Waals surface area contributed by atoms with Gasteiger partial charge in [0, 0.05) is 25.2 Å². The Morgan fingerprint density at radius 1 is 1.25 bits per heavy atom. The Labute approximate surface area is 166 Å². The van der Waals surface area contributed by atoms with Crippen LogP contribution in [0.2, 0.25) is 0 Å². The first-order valence-corrected chi connectivity index (χ1v) is 10.3. The predicted molar refractivity (Wildman–Crippen MR) is 109 cm³/mol. The number of fused-ring (bicyclic) bond motifs is 2. The van der Waals surface area contributed by atoms with E-state index in [0.29, 0.717) is 36.1 Å². The van der Waals surface area contributed by atoms with E-state index >= 15 is 0 Å². The maximum absolute atomic E-state index is 13.3. The number of hydrogen-bond acceptors (Lipinski definition) is 4. The average Bonchev–Trinajstić information content (AvgIpc) is 3.28. The highest BCUT2D eigenvalue weighted by molar-refractivity contribution is 5.95. The van der Waals surface area contributed by atoms with Crippen LogP contribution in [0, 0.1) is 5.92 Å². The number of para-hydroxylation sites is 1. The maximum atomic E-state index is 13.3. The summed E-state index contributed by atoms with van der Waals surface area (Å²) in [5.74, 6) is 0.881. The minimum Gasteiger partial charge on any atom is -0.489 e. The van der Waals surface area contributed by atoms with E-state index in [2.05, 4.69) is 24.3 Å². The van der Waals surface area contributed by atoms with Gasteiger partial charge in [0.05, 0.1) is 18.5 Å². The van der Waals surface area contributed by atoms with Crippen LogP contribution in [0.25, 0.3) is 5.69 Å². The van der Waals surface area contributed by atoms with Crippen molar-refractivity contribution in [2.45, 2.75) is 57.7 Å². The molecule has 2 atom stereocenters. The van der Waals surface area contributed by atoms with Crippen molar-refractivity contribution in [3.8, 4) is 11.4 Å². The molecule has 0 spiro atoms. The lowest BCUT2D eigenvalue weighted by Crippen LogP contribution is -2.48. The number of ether oxygens (including phenoxy) is 1. The van der Waals surface area contributed by atoms with Gasteiger partial charge in [-0.05, 0) is 43.7 Å². The molecule has 1 aromatic heterocycles. The monoisotopic (exact) mass is 382 g/mol. The summed E-state index contributed by atoms with van der Waals surface area (Å²) in [5, 5.41) is 8.25. The number of rotatable bonds is 6. The van der Waals surface area contributed by atoms with E-state index in [4.69, 9.17) is 4.74 Å². The van der Waals surface area contributed by atoms with E-state index in [1.54, 1.807) is 4.68 Å². The number of hydrogen-bond donors (Lipinski definition) is 1. The summed E-state index contributed by atoms with van der Waals surface area (Å²) in [7, 11) is 1.91. The second-order valence-corrected chi connectivity index (χ2v) is 8.51. The van der Waals surface area contributed by atoms with Crippen molar-refractivity contribution in [1.82, 2.24) is 20.0 Å². The molecular formula is C22H30N4O2. The first-order chi connectivity index (χ1) is 13.5. The fraction of sp³-hybridized carbons (Fsp3) is 0.545. The SMILES string of the molecule is CC(C)COc1cn(-c2ccccc2)nc1C(=O)N(C)C1CC2CCC(C1)N2. The van der Waals surface area contributed by atoms with Gasteiger partial charge in [-0.15, -0.1) is 0 Å². The van der Waals surface area contributed by atoms with Crippen molar-refractivity contribution < 1.29 is 9.53 Å². The predicted octanol–water partition coefficient (Wildman–Crippen LogP) is 3.26. The Kier molecular flexibility index (Phi) is 5.40. The highest BCUT2D eigenvalue weighted by Gasteiger charge is 2.37. The van der Waals surface area contributed by atoms with Gasteiger partial charge in [0.2, 0.25) is 0 Å². The number of benzene rings is 1. The number of nitrogens with zero attached hydrogens (tertiary/aromatic N) is 3. The molecule has 2 unspecified atom stereocenters. The summed E-state index contributed by atoms with van der Waals surface area (Å²) in [6.45, 7) is 4.75. The Hall–Kier alpha value is -2.34. The van der Waals surface area contributed by atoms with Crippen LogP contribution in [0.1, 0.15) is 50.0 Å². The van der Waals surface area contributed by atoms with Crippen molar-refractivity contribution in [1.29, 1.82) is 0 Å². The van der Waals surface area contributed by atoms with Gasteiger partial charge in [-0.25, -0.2) is 4.68 Å². The molecule has 2 aliphatic rings. The molecule has 3 heterocycles. The molecule has 6 heteroatoms. The van der Waals surface area contributed by atoms with Gasteiger partial charge < -0.3 is 15.0 Å². The highest BCUT2D eigenvalue weighted by Crippen LogP contribution is 2.31. The average molecular weight is 383 g/mol. The largest absolute Gasteiger partial charge is 0.489 e. The zero-order chi connectivity index (χ0) is 19.7. The number of piperidine rings is 1. The number of carbonyl (C=O) groups excluding carboxylic acids is 1. The number of carbonyl (C=O) groups is 1. The van der Waals surface area contributed by atoms with Gasteiger partial charge in [0.15, 0.2) is 11.4 Å². The zero-order valence-electron chi connectivity index (χ0n) is 17.0. The third kappa shape index (κ3) is 3.92. The summed E-state index contributed by atoms with van der Waals surface area (Å²) in [6.07, 6.45) is 6.29. The van der Waals surface area contributed by atoms with Gasteiger partial charge in [0.1, 0.15) is 0 Å². The lowest BCUT2D eigenvalue weighted by molar-refractivity contribution is 0.0670. The summed E-state index contributed by atoms with van der Waals surface area (Å²) in [4.78, 5) is 15.2. The number of amides is 1. The Morgan fingerprint density at radius 3 is 2.57 bits per heavy atom. The molecule has 1 amide bonds. The zero-order valence-corrected chi connectivity index (χ0v) is 17.0. The molecule has 2 bridgehead atoms. The molecule has 2 fully saturated rings. The lowest BCUT2D eigenvalue weighted by Gasteiger charge is -2.35. The third-order valence-electron chi connectivity index (χ3n) is 5.79. The van der Waals surface area contributed by atoms with Crippen LogP contribution in [0.5, 0.6) is 5.75 Å². The van der Waals surface area contributed by atoms with Crippen LogP contribution in [-0.4, -0.2) is 52.4 Å². The van der Waals surface area contributed by atoms with E-state index in [9.17, 15) is 4.79 Å². The molecule has 4 rings (SSSR count). The van der Waals surface area contributed by atoms with Crippen molar-refractivity contribution in [3.05, 3.63) is 42.2 Å².